The van der Waals surface area contributed by atoms with Crippen LogP contribution < -0.4 is 21.1 Å². The number of nitrogens with zero attached hydrogens (tertiary/aromatic N) is 2. The normalized spacial score (nSPS) is 11.0. The van der Waals surface area contributed by atoms with Crippen molar-refractivity contribution in [3.63, 3.8) is 0 Å². The quantitative estimate of drug-likeness (QED) is 0.555. The Bertz CT molecular complexity index is 1030. The number of hydrogen-bond donors (Lipinski definition) is 2. The zero-order valence-corrected chi connectivity index (χ0v) is 17.1. The molecular formula is C19H24N4O4S. The van der Waals surface area contributed by atoms with E-state index in [-0.39, 0.29) is 16.4 Å². The smallest absolute Gasteiger partial charge is 0.280 e. The first-order valence-electron chi connectivity index (χ1n) is 8.47. The summed E-state index contributed by atoms with van der Waals surface area (Å²) in [5, 5.41) is 0. The molecule has 0 radical (unpaired) electrons. The maximum Gasteiger partial charge on any atom is 0.280 e. The molecule has 2 aromatic carbocycles. The van der Waals surface area contributed by atoms with E-state index in [1.807, 2.05) is 25.1 Å². The molecule has 0 spiro atoms. The Labute approximate surface area is 164 Å². The number of aryl methyl sites for hydroxylation is 1. The van der Waals surface area contributed by atoms with Crippen LogP contribution in [0.1, 0.15) is 22.8 Å². The molecule has 0 aliphatic carbocycles. The van der Waals surface area contributed by atoms with Crippen LogP contribution >= 0.6 is 0 Å². The molecule has 0 bridgehead atoms. The van der Waals surface area contributed by atoms with Crippen LogP contribution in [0, 0.1) is 0 Å². The molecular weight excluding hydrogens is 380 g/mol. The molecule has 9 heteroatoms. The minimum atomic E-state index is -3.66. The first-order chi connectivity index (χ1) is 13.1. The number of rotatable bonds is 6. The van der Waals surface area contributed by atoms with Gasteiger partial charge in [-0.05, 0) is 36.2 Å². The Morgan fingerprint density at radius 1 is 1.18 bits per heavy atom. The summed E-state index contributed by atoms with van der Waals surface area (Å²) < 4.78 is 30.4. The highest BCUT2D eigenvalue weighted by Gasteiger charge is 2.23. The van der Waals surface area contributed by atoms with E-state index >= 15 is 0 Å². The average molecular weight is 404 g/mol. The summed E-state index contributed by atoms with van der Waals surface area (Å²) in [5.41, 5.74) is 12.5. The van der Waals surface area contributed by atoms with Crippen molar-refractivity contribution < 1.29 is 17.9 Å². The van der Waals surface area contributed by atoms with Gasteiger partial charge in [-0.3, -0.25) is 4.79 Å². The lowest BCUT2D eigenvalue weighted by Gasteiger charge is -2.25. The van der Waals surface area contributed by atoms with Gasteiger partial charge in [0.2, 0.25) is 0 Å². The van der Waals surface area contributed by atoms with Crippen LogP contribution in [0.5, 0.6) is 5.75 Å². The third-order valence-corrected chi connectivity index (χ3v) is 5.36. The van der Waals surface area contributed by atoms with E-state index in [9.17, 15) is 13.2 Å². The van der Waals surface area contributed by atoms with Gasteiger partial charge >= 0.3 is 0 Å². The lowest BCUT2D eigenvalue weighted by atomic mass is 10.0. The Morgan fingerprint density at radius 3 is 2.36 bits per heavy atom. The summed E-state index contributed by atoms with van der Waals surface area (Å²) in [4.78, 5) is 17.6. The van der Waals surface area contributed by atoms with Gasteiger partial charge in [0.1, 0.15) is 5.75 Å². The minimum absolute atomic E-state index is 0.00718. The first-order valence-corrected chi connectivity index (χ1v) is 10.4. The molecule has 0 atom stereocenters. The van der Waals surface area contributed by atoms with Crippen molar-refractivity contribution in [3.05, 3.63) is 47.5 Å². The first kappa shape index (κ1) is 21.2. The fraction of sp³-hybridized carbons (Fsp3) is 0.263. The van der Waals surface area contributed by atoms with Crippen molar-refractivity contribution in [2.24, 2.45) is 16.5 Å². The van der Waals surface area contributed by atoms with Crippen molar-refractivity contribution in [2.45, 2.75) is 18.2 Å². The van der Waals surface area contributed by atoms with Crippen LogP contribution in [0.25, 0.3) is 0 Å². The molecule has 2 rings (SSSR count). The van der Waals surface area contributed by atoms with Gasteiger partial charge in [-0.1, -0.05) is 19.1 Å². The predicted molar refractivity (Wildman–Crippen MR) is 110 cm³/mol. The van der Waals surface area contributed by atoms with Crippen molar-refractivity contribution in [1.29, 1.82) is 0 Å². The van der Waals surface area contributed by atoms with Crippen LogP contribution in [0.2, 0.25) is 0 Å². The number of hydrogen-bond acceptors (Lipinski definition) is 5. The molecule has 28 heavy (non-hydrogen) atoms. The Balaban J connectivity index is 2.77. The zero-order valence-electron chi connectivity index (χ0n) is 16.3. The van der Waals surface area contributed by atoms with Gasteiger partial charge in [0.05, 0.1) is 23.4 Å². The van der Waals surface area contributed by atoms with Crippen LogP contribution in [-0.4, -0.2) is 40.7 Å². The number of amides is 1. The largest absolute Gasteiger partial charge is 0.495 e. The summed E-state index contributed by atoms with van der Waals surface area (Å²) in [5.74, 6) is -0.487. The fourth-order valence-electron chi connectivity index (χ4n) is 2.88. The Hall–Kier alpha value is -3.07. The third kappa shape index (κ3) is 4.42. The van der Waals surface area contributed by atoms with Crippen molar-refractivity contribution >= 4 is 33.1 Å². The van der Waals surface area contributed by atoms with Crippen LogP contribution in [0.4, 0.5) is 11.4 Å². The number of methoxy groups -OCH3 is 1. The Morgan fingerprint density at radius 2 is 1.82 bits per heavy atom. The number of carbonyl (C=O) groups excluding carboxylic acids is 1. The van der Waals surface area contributed by atoms with E-state index < -0.39 is 15.7 Å². The molecule has 0 aliphatic heterocycles. The lowest BCUT2D eigenvalue weighted by Crippen LogP contribution is -2.24. The highest BCUT2D eigenvalue weighted by atomic mass is 32.2. The van der Waals surface area contributed by atoms with E-state index in [4.69, 9.17) is 16.2 Å². The topological polar surface area (TPSA) is 128 Å². The molecule has 0 unspecified atom stereocenters. The van der Waals surface area contributed by atoms with Gasteiger partial charge in [-0.25, -0.2) is 8.42 Å². The molecule has 0 aliphatic rings. The predicted octanol–water partition coefficient (Wildman–Crippen LogP) is 1.84. The van der Waals surface area contributed by atoms with Gasteiger partial charge in [-0.15, -0.1) is 0 Å². The molecule has 0 saturated carbocycles. The second-order valence-electron chi connectivity index (χ2n) is 6.18. The number of benzene rings is 2. The van der Waals surface area contributed by atoms with E-state index in [1.54, 1.807) is 31.2 Å². The molecule has 0 aromatic heterocycles. The highest BCUT2D eigenvalue weighted by molar-refractivity contribution is 7.90. The van der Waals surface area contributed by atoms with Crippen LogP contribution in [0.15, 0.2) is 46.3 Å². The number of ether oxygens (including phenoxy) is 1. The second-order valence-corrected chi connectivity index (χ2v) is 8.16. The fourth-order valence-corrected chi connectivity index (χ4v) is 3.78. The molecule has 0 saturated heterocycles. The molecule has 4 N–H and O–H groups in total. The highest BCUT2D eigenvalue weighted by Crippen LogP contribution is 2.37. The standard InChI is InChI=1S/C19H24N4O4S/c1-5-12-10-15(23(2)14-8-6-7-9-16(14)27-3)17(28(4,25)26)11-13(12)18(24)22-19(20)21/h6-11H,5H2,1-4H3,(H4,20,21,22,24). The van der Waals surface area contributed by atoms with E-state index in [0.29, 0.717) is 29.1 Å². The number of para-hydroxylation sites is 2. The maximum absolute atomic E-state index is 12.5. The summed E-state index contributed by atoms with van der Waals surface area (Å²) in [6, 6.07) is 10.2. The minimum Gasteiger partial charge on any atom is -0.495 e. The number of sulfone groups is 1. The summed E-state index contributed by atoms with van der Waals surface area (Å²) in [6.45, 7) is 1.86. The van der Waals surface area contributed by atoms with Gasteiger partial charge < -0.3 is 21.1 Å². The second kappa shape index (κ2) is 8.30. The van der Waals surface area contributed by atoms with Gasteiger partial charge in [0.15, 0.2) is 15.8 Å². The molecule has 150 valence electrons. The van der Waals surface area contributed by atoms with Crippen molar-refractivity contribution in [1.82, 2.24) is 0 Å². The van der Waals surface area contributed by atoms with E-state index in [2.05, 4.69) is 4.99 Å². The molecule has 2 aromatic rings. The van der Waals surface area contributed by atoms with Gasteiger partial charge in [-0.2, -0.15) is 4.99 Å². The monoisotopic (exact) mass is 404 g/mol. The number of anilines is 2. The van der Waals surface area contributed by atoms with E-state index in [0.717, 1.165) is 6.26 Å². The van der Waals surface area contributed by atoms with Gasteiger partial charge in [0.25, 0.3) is 5.91 Å². The van der Waals surface area contributed by atoms with Crippen LogP contribution in [-0.2, 0) is 16.3 Å². The van der Waals surface area contributed by atoms with Crippen molar-refractivity contribution in [2.75, 3.05) is 25.3 Å². The van der Waals surface area contributed by atoms with Crippen LogP contribution in [0.3, 0.4) is 0 Å². The zero-order chi connectivity index (χ0) is 21.1. The number of guanidine groups is 1. The van der Waals surface area contributed by atoms with Gasteiger partial charge in [0, 0.05) is 18.9 Å². The molecule has 1 amide bonds. The SMILES string of the molecule is CCc1cc(N(C)c2ccccc2OC)c(S(C)(=O)=O)cc1C(=O)N=C(N)N. The summed E-state index contributed by atoms with van der Waals surface area (Å²) in [6.07, 6.45) is 1.57. The molecule has 8 nitrogen and oxygen atoms in total. The van der Waals surface area contributed by atoms with Crippen molar-refractivity contribution in [3.8, 4) is 5.75 Å². The molecule has 0 heterocycles. The number of nitrogens with two attached hydrogens (primary N) is 2. The third-order valence-electron chi connectivity index (χ3n) is 4.23. The number of carbonyl (C=O) groups is 1. The van der Waals surface area contributed by atoms with E-state index in [1.165, 1.54) is 6.07 Å². The lowest BCUT2D eigenvalue weighted by molar-refractivity contribution is 0.100. The molecule has 0 fully saturated rings. The Kier molecular flexibility index (Phi) is 6.30. The summed E-state index contributed by atoms with van der Waals surface area (Å²) in [7, 11) is -0.386. The summed E-state index contributed by atoms with van der Waals surface area (Å²) >= 11 is 0. The number of aliphatic imine (C=N–C) groups is 1. The average Bonchev–Trinajstić information content (AvgIpc) is 2.64. The maximum atomic E-state index is 12.5.